The van der Waals surface area contributed by atoms with Gasteiger partial charge in [-0.05, 0) is 31.4 Å². The first-order valence-electron chi connectivity index (χ1n) is 6.21. The molecule has 1 heterocycles. The highest BCUT2D eigenvalue weighted by atomic mass is 32.1. The minimum atomic E-state index is -0.352. The minimum absolute atomic E-state index is 0.192. The third-order valence-corrected chi connectivity index (χ3v) is 3.72. The van der Waals surface area contributed by atoms with Crippen molar-refractivity contribution in [1.82, 2.24) is 15.5 Å². The summed E-state index contributed by atoms with van der Waals surface area (Å²) in [6, 6.07) is 5.67. The number of rotatable bonds is 5. The summed E-state index contributed by atoms with van der Waals surface area (Å²) < 4.78 is 19.2. The van der Waals surface area contributed by atoms with E-state index < -0.39 is 0 Å². The van der Waals surface area contributed by atoms with Crippen LogP contribution in [0.2, 0.25) is 0 Å². The Kier molecular flexibility index (Phi) is 3.44. The van der Waals surface area contributed by atoms with Crippen molar-refractivity contribution in [3.8, 4) is 10.9 Å². The maximum atomic E-state index is 13.8. The Morgan fingerprint density at radius 1 is 1.42 bits per heavy atom. The van der Waals surface area contributed by atoms with E-state index in [0.29, 0.717) is 23.3 Å². The molecule has 0 unspecified atom stereocenters. The van der Waals surface area contributed by atoms with Crippen molar-refractivity contribution in [3.63, 3.8) is 0 Å². The van der Waals surface area contributed by atoms with Crippen LogP contribution in [0.3, 0.4) is 0 Å². The van der Waals surface area contributed by atoms with E-state index in [9.17, 15) is 4.39 Å². The number of halogens is 1. The first-order chi connectivity index (χ1) is 9.22. The van der Waals surface area contributed by atoms with Crippen molar-refractivity contribution in [2.45, 2.75) is 32.4 Å². The first-order valence-corrected chi connectivity index (χ1v) is 7.03. The van der Waals surface area contributed by atoms with Gasteiger partial charge in [0, 0.05) is 6.04 Å². The van der Waals surface area contributed by atoms with E-state index >= 15 is 0 Å². The zero-order valence-corrected chi connectivity index (χ0v) is 11.3. The molecule has 0 bridgehead atoms. The molecule has 0 amide bonds. The fourth-order valence-electron chi connectivity index (χ4n) is 1.66. The molecule has 1 aliphatic rings. The molecule has 0 aliphatic heterocycles. The van der Waals surface area contributed by atoms with Crippen molar-refractivity contribution in [2.24, 2.45) is 0 Å². The molecular weight excluding hydrogens is 265 g/mol. The quantitative estimate of drug-likeness (QED) is 0.914. The average molecular weight is 279 g/mol. The average Bonchev–Trinajstić information content (AvgIpc) is 3.13. The summed E-state index contributed by atoms with van der Waals surface area (Å²) in [6.07, 6.45) is 2.47. The molecular formula is C13H14FN3OS. The number of nitrogens with zero attached hydrogens (tertiary/aromatic N) is 2. The summed E-state index contributed by atoms with van der Waals surface area (Å²) in [6.45, 7) is 2.40. The number of aryl methyl sites for hydroxylation is 1. The van der Waals surface area contributed by atoms with E-state index in [1.807, 2.05) is 0 Å². The van der Waals surface area contributed by atoms with Crippen molar-refractivity contribution in [1.29, 1.82) is 0 Å². The van der Waals surface area contributed by atoms with Gasteiger partial charge in [-0.15, -0.1) is 5.10 Å². The minimum Gasteiger partial charge on any atom is -0.427 e. The number of benzene rings is 1. The van der Waals surface area contributed by atoms with E-state index in [2.05, 4.69) is 15.5 Å². The number of nitrogens with one attached hydrogen (secondary N) is 1. The number of hydrogen-bond donors (Lipinski definition) is 1. The van der Waals surface area contributed by atoms with Gasteiger partial charge in [0.25, 0.3) is 5.19 Å². The molecule has 1 N–H and O–H groups in total. The van der Waals surface area contributed by atoms with E-state index in [4.69, 9.17) is 4.74 Å². The van der Waals surface area contributed by atoms with Crippen LogP contribution >= 0.6 is 11.3 Å². The molecule has 1 aromatic carbocycles. The first kappa shape index (κ1) is 12.5. The molecule has 0 saturated heterocycles. The van der Waals surface area contributed by atoms with Gasteiger partial charge < -0.3 is 10.1 Å². The van der Waals surface area contributed by atoms with Crippen molar-refractivity contribution < 1.29 is 9.13 Å². The fraction of sp³-hybridized carbons (Fsp3) is 0.385. The van der Waals surface area contributed by atoms with Crippen LogP contribution in [-0.4, -0.2) is 16.2 Å². The number of aromatic nitrogens is 2. The van der Waals surface area contributed by atoms with Gasteiger partial charge in [0.05, 0.1) is 6.54 Å². The number of hydrogen-bond acceptors (Lipinski definition) is 5. The highest BCUT2D eigenvalue weighted by Crippen LogP contribution is 2.28. The number of ether oxygens (including phenoxy) is 1. The summed E-state index contributed by atoms with van der Waals surface area (Å²) in [7, 11) is 0. The maximum absolute atomic E-state index is 13.8. The summed E-state index contributed by atoms with van der Waals surface area (Å²) in [5.41, 5.74) is 0.553. The van der Waals surface area contributed by atoms with Crippen LogP contribution in [-0.2, 0) is 6.54 Å². The lowest BCUT2D eigenvalue weighted by atomic mass is 10.2. The molecule has 1 fully saturated rings. The standard InChI is InChI=1S/C13H14FN3OS/c1-8-3-2-4-10(12(8)14)18-13-17-16-11(19-13)7-15-9-5-6-9/h2-4,9,15H,5-7H2,1H3. The molecule has 6 heteroatoms. The van der Waals surface area contributed by atoms with Gasteiger partial charge in [-0.3, -0.25) is 0 Å². The molecule has 1 saturated carbocycles. The molecule has 3 rings (SSSR count). The SMILES string of the molecule is Cc1cccc(Oc2nnc(CNC3CC3)s2)c1F. The van der Waals surface area contributed by atoms with Gasteiger partial charge in [0.1, 0.15) is 5.01 Å². The van der Waals surface area contributed by atoms with Gasteiger partial charge >= 0.3 is 0 Å². The van der Waals surface area contributed by atoms with Crippen LogP contribution < -0.4 is 10.1 Å². The van der Waals surface area contributed by atoms with Gasteiger partial charge in [0.2, 0.25) is 0 Å². The summed E-state index contributed by atoms with van der Waals surface area (Å²) in [5, 5.41) is 12.5. The highest BCUT2D eigenvalue weighted by Gasteiger charge is 2.21. The zero-order valence-electron chi connectivity index (χ0n) is 10.5. The monoisotopic (exact) mass is 279 g/mol. The second-order valence-electron chi connectivity index (χ2n) is 4.61. The fourth-order valence-corrected chi connectivity index (χ4v) is 2.32. The Hall–Kier alpha value is -1.53. The van der Waals surface area contributed by atoms with Crippen LogP contribution in [0.1, 0.15) is 23.4 Å². The Morgan fingerprint density at radius 3 is 3.05 bits per heavy atom. The normalized spacial score (nSPS) is 14.6. The summed E-state index contributed by atoms with van der Waals surface area (Å²) in [5.74, 6) is -0.159. The van der Waals surface area contributed by atoms with Gasteiger partial charge in [-0.2, -0.15) is 0 Å². The lowest BCUT2D eigenvalue weighted by Crippen LogP contribution is -2.14. The summed E-state index contributed by atoms with van der Waals surface area (Å²) >= 11 is 1.34. The van der Waals surface area contributed by atoms with Crippen LogP contribution in [0.15, 0.2) is 18.2 Å². The molecule has 1 aromatic heterocycles. The van der Waals surface area contributed by atoms with Crippen molar-refractivity contribution in [3.05, 3.63) is 34.6 Å². The molecule has 0 radical (unpaired) electrons. The van der Waals surface area contributed by atoms with Gasteiger partial charge in [0.15, 0.2) is 11.6 Å². The predicted molar refractivity (Wildman–Crippen MR) is 71.0 cm³/mol. The van der Waals surface area contributed by atoms with Crippen molar-refractivity contribution >= 4 is 11.3 Å². The Bertz CT molecular complexity index is 583. The lowest BCUT2D eigenvalue weighted by molar-refractivity contribution is 0.433. The van der Waals surface area contributed by atoms with Crippen molar-refractivity contribution in [2.75, 3.05) is 0 Å². The molecule has 2 aromatic rings. The van der Waals surface area contributed by atoms with E-state index in [-0.39, 0.29) is 11.6 Å². The molecule has 0 spiro atoms. The van der Waals surface area contributed by atoms with Gasteiger partial charge in [-0.25, -0.2) is 4.39 Å². The maximum Gasteiger partial charge on any atom is 0.299 e. The van der Waals surface area contributed by atoms with E-state index in [0.717, 1.165) is 5.01 Å². The lowest BCUT2D eigenvalue weighted by Gasteiger charge is -2.03. The second kappa shape index (κ2) is 5.22. The molecule has 19 heavy (non-hydrogen) atoms. The Labute approximate surface area is 114 Å². The van der Waals surface area contributed by atoms with Gasteiger partial charge in [-0.1, -0.05) is 28.6 Å². The zero-order chi connectivity index (χ0) is 13.2. The third kappa shape index (κ3) is 3.08. The van der Waals surface area contributed by atoms with Crippen LogP contribution in [0.25, 0.3) is 0 Å². The topological polar surface area (TPSA) is 47.0 Å². The Balaban J connectivity index is 1.67. The van der Waals surface area contributed by atoms with E-state index in [1.54, 1.807) is 25.1 Å². The molecule has 0 atom stereocenters. The molecule has 1 aliphatic carbocycles. The van der Waals surface area contributed by atoms with Crippen LogP contribution in [0.4, 0.5) is 4.39 Å². The smallest absolute Gasteiger partial charge is 0.299 e. The van der Waals surface area contributed by atoms with Crippen LogP contribution in [0.5, 0.6) is 10.9 Å². The highest BCUT2D eigenvalue weighted by molar-refractivity contribution is 7.13. The van der Waals surface area contributed by atoms with Crippen LogP contribution in [0, 0.1) is 12.7 Å². The Morgan fingerprint density at radius 2 is 2.26 bits per heavy atom. The predicted octanol–water partition coefficient (Wildman–Crippen LogP) is 3.03. The molecule has 4 nitrogen and oxygen atoms in total. The van der Waals surface area contributed by atoms with E-state index in [1.165, 1.54) is 24.2 Å². The molecule has 100 valence electrons. The summed E-state index contributed by atoms with van der Waals surface area (Å²) in [4.78, 5) is 0. The third-order valence-electron chi connectivity index (χ3n) is 2.92. The second-order valence-corrected chi connectivity index (χ2v) is 5.63. The largest absolute Gasteiger partial charge is 0.427 e.